The summed E-state index contributed by atoms with van der Waals surface area (Å²) in [6, 6.07) is 12.0. The zero-order chi connectivity index (χ0) is 22.3. The topological polar surface area (TPSA) is 91.4 Å². The van der Waals surface area contributed by atoms with Crippen LogP contribution in [-0.2, 0) is 5.41 Å². The first-order valence-electron chi connectivity index (χ1n) is 9.91. The first-order valence-corrected chi connectivity index (χ1v) is 10.8. The van der Waals surface area contributed by atoms with E-state index in [1.807, 2.05) is 62.5 Å². The molecule has 7 heteroatoms. The van der Waals surface area contributed by atoms with Crippen LogP contribution in [0.15, 0.2) is 46.6 Å². The van der Waals surface area contributed by atoms with Crippen LogP contribution in [0, 0.1) is 6.92 Å². The smallest absolute Gasteiger partial charge is 0.404 e. The number of aromatic amines is 1. The number of aromatic nitrogens is 1. The fourth-order valence-corrected chi connectivity index (χ4v) is 4.80. The SMILES string of the molecule is COc1cc(C)c2[nH]c(=O)c3sccc3c2c1-c1ccc(C(C)(C)CNC(=O)O)cc1. The highest BCUT2D eigenvalue weighted by Crippen LogP contribution is 2.42. The summed E-state index contributed by atoms with van der Waals surface area (Å²) in [6.07, 6.45) is -1.03. The molecule has 0 unspecified atom stereocenters. The molecular formula is C24H24N2O4S. The number of rotatable bonds is 5. The molecule has 1 amide bonds. The predicted octanol–water partition coefficient (Wildman–Crippen LogP) is 5.27. The van der Waals surface area contributed by atoms with E-state index in [0.717, 1.165) is 44.3 Å². The standard InChI is InChI=1S/C24H24N2O4S/c1-13-11-17(30-4)18(19-16-9-10-31-21(16)22(27)26-20(13)19)14-5-7-15(8-6-14)24(2,3)12-25-23(28)29/h5-11,25H,12H2,1-4H3,(H,26,27)(H,28,29). The molecule has 4 aromatic rings. The number of thiophene rings is 1. The predicted molar refractivity (Wildman–Crippen MR) is 126 cm³/mol. The van der Waals surface area contributed by atoms with Gasteiger partial charge >= 0.3 is 6.09 Å². The summed E-state index contributed by atoms with van der Waals surface area (Å²) in [5.74, 6) is 0.740. The molecule has 160 valence electrons. The van der Waals surface area contributed by atoms with Gasteiger partial charge in [0.2, 0.25) is 0 Å². The zero-order valence-electron chi connectivity index (χ0n) is 17.8. The number of H-pyrrole nitrogens is 1. The lowest BCUT2D eigenvalue weighted by Crippen LogP contribution is -2.35. The molecule has 0 fully saturated rings. The Kier molecular flexibility index (Phi) is 5.23. The van der Waals surface area contributed by atoms with E-state index in [1.54, 1.807) is 7.11 Å². The first-order chi connectivity index (χ1) is 14.7. The van der Waals surface area contributed by atoms with Crippen LogP contribution >= 0.6 is 11.3 Å². The minimum absolute atomic E-state index is 0.0836. The van der Waals surface area contributed by atoms with Crippen LogP contribution in [-0.4, -0.2) is 29.8 Å². The van der Waals surface area contributed by atoms with E-state index < -0.39 is 6.09 Å². The molecule has 6 nitrogen and oxygen atoms in total. The summed E-state index contributed by atoms with van der Waals surface area (Å²) in [5, 5.41) is 15.2. The van der Waals surface area contributed by atoms with Gasteiger partial charge in [-0.2, -0.15) is 0 Å². The van der Waals surface area contributed by atoms with E-state index >= 15 is 0 Å². The average molecular weight is 437 g/mol. The lowest BCUT2D eigenvalue weighted by Gasteiger charge is -2.25. The van der Waals surface area contributed by atoms with E-state index in [-0.39, 0.29) is 11.0 Å². The highest BCUT2D eigenvalue weighted by Gasteiger charge is 2.23. The van der Waals surface area contributed by atoms with Crippen molar-refractivity contribution in [2.45, 2.75) is 26.2 Å². The van der Waals surface area contributed by atoms with Gasteiger partial charge in [0, 0.05) is 28.3 Å². The van der Waals surface area contributed by atoms with Crippen LogP contribution in [0.1, 0.15) is 25.0 Å². The van der Waals surface area contributed by atoms with E-state index in [9.17, 15) is 9.59 Å². The van der Waals surface area contributed by atoms with Crippen LogP contribution in [0.25, 0.3) is 32.1 Å². The number of nitrogens with one attached hydrogen (secondary N) is 2. The van der Waals surface area contributed by atoms with Crippen LogP contribution < -0.4 is 15.6 Å². The normalized spacial score (nSPS) is 11.7. The van der Waals surface area contributed by atoms with Crippen molar-refractivity contribution >= 4 is 38.4 Å². The van der Waals surface area contributed by atoms with E-state index in [4.69, 9.17) is 9.84 Å². The minimum Gasteiger partial charge on any atom is -0.496 e. The number of benzene rings is 2. The van der Waals surface area contributed by atoms with Crippen LogP contribution in [0.4, 0.5) is 4.79 Å². The Balaban J connectivity index is 1.92. The van der Waals surface area contributed by atoms with Gasteiger partial charge in [0.05, 0.1) is 12.6 Å². The molecular weight excluding hydrogens is 412 g/mol. The van der Waals surface area contributed by atoms with Gasteiger partial charge < -0.3 is 20.1 Å². The molecule has 0 radical (unpaired) electrons. The Morgan fingerprint density at radius 2 is 1.94 bits per heavy atom. The molecule has 3 N–H and O–H groups in total. The maximum absolute atomic E-state index is 12.5. The summed E-state index contributed by atoms with van der Waals surface area (Å²) in [4.78, 5) is 26.5. The number of aryl methyl sites for hydroxylation is 1. The molecule has 2 aromatic heterocycles. The molecule has 4 rings (SSSR count). The molecule has 31 heavy (non-hydrogen) atoms. The molecule has 0 saturated heterocycles. The van der Waals surface area contributed by atoms with E-state index in [1.165, 1.54) is 11.3 Å². The highest BCUT2D eigenvalue weighted by molar-refractivity contribution is 7.17. The number of hydrogen-bond donors (Lipinski definition) is 3. The van der Waals surface area contributed by atoms with Gasteiger partial charge in [0.1, 0.15) is 10.4 Å². The second kappa shape index (κ2) is 7.74. The second-order valence-corrected chi connectivity index (χ2v) is 9.17. The molecule has 0 saturated carbocycles. The molecule has 0 aliphatic carbocycles. The maximum Gasteiger partial charge on any atom is 0.404 e. The van der Waals surface area contributed by atoms with E-state index in [2.05, 4.69) is 10.3 Å². The highest BCUT2D eigenvalue weighted by atomic mass is 32.1. The van der Waals surface area contributed by atoms with Crippen molar-refractivity contribution in [3.8, 4) is 16.9 Å². The Bertz CT molecular complexity index is 1350. The molecule has 0 bridgehead atoms. The quantitative estimate of drug-likeness (QED) is 0.397. The Morgan fingerprint density at radius 3 is 2.58 bits per heavy atom. The number of carboxylic acid groups (broad SMARTS) is 1. The largest absolute Gasteiger partial charge is 0.496 e. The summed E-state index contributed by atoms with van der Waals surface area (Å²) < 4.78 is 6.44. The monoisotopic (exact) mass is 436 g/mol. The molecule has 0 aliphatic rings. The number of amides is 1. The number of carbonyl (C=O) groups is 1. The lowest BCUT2D eigenvalue weighted by atomic mass is 9.83. The number of hydrogen-bond acceptors (Lipinski definition) is 4. The Labute approximate surface area is 183 Å². The molecule has 0 atom stereocenters. The fraction of sp³-hybridized carbons (Fsp3) is 0.250. The van der Waals surface area contributed by atoms with Crippen molar-refractivity contribution in [2.75, 3.05) is 13.7 Å². The number of ether oxygens (including phenoxy) is 1. The van der Waals surface area contributed by atoms with Gasteiger partial charge in [0.15, 0.2) is 0 Å². The van der Waals surface area contributed by atoms with Gasteiger partial charge in [-0.1, -0.05) is 38.1 Å². The number of fused-ring (bicyclic) bond motifs is 3. The van der Waals surface area contributed by atoms with Crippen molar-refractivity contribution < 1.29 is 14.6 Å². The van der Waals surface area contributed by atoms with Crippen LogP contribution in [0.2, 0.25) is 0 Å². The zero-order valence-corrected chi connectivity index (χ0v) is 18.6. The summed E-state index contributed by atoms with van der Waals surface area (Å²) in [5.41, 5.74) is 4.22. The summed E-state index contributed by atoms with van der Waals surface area (Å²) >= 11 is 1.43. The maximum atomic E-state index is 12.5. The summed E-state index contributed by atoms with van der Waals surface area (Å²) in [7, 11) is 1.65. The number of methoxy groups -OCH3 is 1. The van der Waals surface area contributed by atoms with Gasteiger partial charge in [-0.05, 0) is 41.1 Å². The van der Waals surface area contributed by atoms with Crippen molar-refractivity contribution in [3.05, 3.63) is 63.3 Å². The third-order valence-electron chi connectivity index (χ3n) is 5.72. The van der Waals surface area contributed by atoms with Crippen molar-refractivity contribution in [2.24, 2.45) is 0 Å². The van der Waals surface area contributed by atoms with Gasteiger partial charge in [-0.25, -0.2) is 4.79 Å². The Morgan fingerprint density at radius 1 is 1.23 bits per heavy atom. The van der Waals surface area contributed by atoms with Crippen molar-refractivity contribution in [3.63, 3.8) is 0 Å². The van der Waals surface area contributed by atoms with Crippen LogP contribution in [0.5, 0.6) is 5.75 Å². The van der Waals surface area contributed by atoms with Gasteiger partial charge in [0.25, 0.3) is 5.56 Å². The average Bonchev–Trinajstić information content (AvgIpc) is 3.24. The third-order valence-corrected chi connectivity index (χ3v) is 6.64. The summed E-state index contributed by atoms with van der Waals surface area (Å²) in [6.45, 7) is 6.28. The molecule has 0 spiro atoms. The van der Waals surface area contributed by atoms with Gasteiger partial charge in [-0.3, -0.25) is 4.79 Å². The first kappa shape index (κ1) is 20.9. The van der Waals surface area contributed by atoms with Gasteiger partial charge in [-0.15, -0.1) is 11.3 Å². The van der Waals surface area contributed by atoms with Crippen molar-refractivity contribution in [1.29, 1.82) is 0 Å². The molecule has 2 heterocycles. The Hall–Kier alpha value is -3.32. The molecule has 2 aromatic carbocycles. The fourth-order valence-electron chi connectivity index (χ4n) is 4.00. The lowest BCUT2D eigenvalue weighted by molar-refractivity contribution is 0.192. The second-order valence-electron chi connectivity index (χ2n) is 8.26. The third kappa shape index (κ3) is 3.65. The van der Waals surface area contributed by atoms with Crippen LogP contribution in [0.3, 0.4) is 0 Å². The van der Waals surface area contributed by atoms with E-state index in [0.29, 0.717) is 11.2 Å². The number of pyridine rings is 1. The minimum atomic E-state index is -1.03. The van der Waals surface area contributed by atoms with Crippen molar-refractivity contribution in [1.82, 2.24) is 10.3 Å². The molecule has 0 aliphatic heterocycles.